The van der Waals surface area contributed by atoms with Crippen molar-refractivity contribution in [3.05, 3.63) is 28.0 Å². The molecule has 0 aromatic heterocycles. The van der Waals surface area contributed by atoms with Crippen molar-refractivity contribution >= 4 is 15.9 Å². The molecule has 4 heteroatoms. The van der Waals surface area contributed by atoms with Gasteiger partial charge in [0.15, 0.2) is 0 Å². The van der Waals surface area contributed by atoms with E-state index in [-0.39, 0.29) is 11.7 Å². The summed E-state index contributed by atoms with van der Waals surface area (Å²) in [5.74, 6) is 1.43. The molecule has 0 heterocycles. The van der Waals surface area contributed by atoms with Crippen LogP contribution in [0.5, 0.6) is 5.75 Å². The summed E-state index contributed by atoms with van der Waals surface area (Å²) in [6.45, 7) is 3.38. The third-order valence-corrected chi connectivity index (χ3v) is 3.92. The largest absolute Gasteiger partial charge is 0.492 e. The lowest BCUT2D eigenvalue weighted by Crippen LogP contribution is -2.08. The van der Waals surface area contributed by atoms with Gasteiger partial charge in [-0.15, -0.1) is 0 Å². The fraction of sp³-hybridized carbons (Fsp3) is 0.571. The molecular weight excluding hydrogens is 297 g/mol. The normalized spacial score (nSPS) is 16.7. The van der Waals surface area contributed by atoms with Crippen molar-refractivity contribution in [2.75, 3.05) is 13.2 Å². The van der Waals surface area contributed by atoms with Gasteiger partial charge in [0.2, 0.25) is 0 Å². The number of hydrogen-bond acceptors (Lipinski definition) is 2. The van der Waals surface area contributed by atoms with Gasteiger partial charge in [0.1, 0.15) is 11.6 Å². The van der Waals surface area contributed by atoms with Gasteiger partial charge in [-0.2, -0.15) is 0 Å². The molecule has 1 aliphatic rings. The predicted molar refractivity (Wildman–Crippen MR) is 74.4 cm³/mol. The predicted octanol–water partition coefficient (Wildman–Crippen LogP) is 3.83. The second kappa shape index (κ2) is 6.02. The third kappa shape index (κ3) is 3.45. The van der Waals surface area contributed by atoms with Gasteiger partial charge < -0.3 is 10.5 Å². The quantitative estimate of drug-likeness (QED) is 0.866. The molecule has 0 bridgehead atoms. The Bertz CT molecular complexity index is 421. The zero-order valence-corrected chi connectivity index (χ0v) is 12.2. The van der Waals surface area contributed by atoms with Crippen LogP contribution in [0.3, 0.4) is 0 Å². The van der Waals surface area contributed by atoms with Gasteiger partial charge in [0.25, 0.3) is 0 Å². The van der Waals surface area contributed by atoms with E-state index >= 15 is 0 Å². The van der Waals surface area contributed by atoms with Crippen molar-refractivity contribution in [3.8, 4) is 5.75 Å². The second-order valence-corrected chi connectivity index (χ2v) is 5.89. The molecule has 0 spiro atoms. The Hall–Kier alpha value is -0.610. The highest BCUT2D eigenvalue weighted by molar-refractivity contribution is 9.10. The molecule has 2 N–H and O–H groups in total. The summed E-state index contributed by atoms with van der Waals surface area (Å²) in [5, 5.41) is 0. The maximum atomic E-state index is 13.5. The smallest absolute Gasteiger partial charge is 0.137 e. The van der Waals surface area contributed by atoms with Crippen LogP contribution in [0.4, 0.5) is 4.39 Å². The van der Waals surface area contributed by atoms with Crippen LogP contribution in [0.25, 0.3) is 0 Å². The first-order chi connectivity index (χ1) is 8.61. The molecule has 0 radical (unpaired) electrons. The highest BCUT2D eigenvalue weighted by Gasteiger charge is 2.24. The SMILES string of the molecule is CC(CCN)c1cc(F)cc(Br)c1OCC1CC1. The number of hydrogen-bond donors (Lipinski definition) is 1. The van der Waals surface area contributed by atoms with Crippen molar-refractivity contribution in [1.82, 2.24) is 0 Å². The Balaban J connectivity index is 2.21. The van der Waals surface area contributed by atoms with Crippen molar-refractivity contribution in [2.24, 2.45) is 11.7 Å². The average molecular weight is 316 g/mol. The lowest BCUT2D eigenvalue weighted by molar-refractivity contribution is 0.292. The Labute approximate surface area is 116 Å². The first-order valence-corrected chi connectivity index (χ1v) is 7.23. The fourth-order valence-corrected chi connectivity index (χ4v) is 2.55. The molecule has 1 aliphatic carbocycles. The summed E-state index contributed by atoms with van der Waals surface area (Å²) in [6, 6.07) is 3.02. The van der Waals surface area contributed by atoms with Crippen LogP contribution in [0.1, 0.15) is 37.7 Å². The van der Waals surface area contributed by atoms with Crippen molar-refractivity contribution < 1.29 is 9.13 Å². The van der Waals surface area contributed by atoms with Crippen LogP contribution in [0, 0.1) is 11.7 Å². The lowest BCUT2D eigenvalue weighted by atomic mass is 9.97. The van der Waals surface area contributed by atoms with E-state index < -0.39 is 0 Å². The molecule has 1 fully saturated rings. The Kier molecular flexibility index (Phi) is 4.62. The summed E-state index contributed by atoms with van der Waals surface area (Å²) in [7, 11) is 0. The minimum atomic E-state index is -0.237. The van der Waals surface area contributed by atoms with Gasteiger partial charge in [-0.25, -0.2) is 4.39 Å². The standard InChI is InChI=1S/C14H19BrFNO/c1-9(4-5-17)12-6-11(16)7-13(15)14(12)18-8-10-2-3-10/h6-7,9-10H,2-5,8,17H2,1H3. The first kappa shape index (κ1) is 13.8. The summed E-state index contributed by atoms with van der Waals surface area (Å²) < 4.78 is 20.1. The topological polar surface area (TPSA) is 35.2 Å². The van der Waals surface area contributed by atoms with Crippen LogP contribution in [-0.2, 0) is 0 Å². The molecule has 18 heavy (non-hydrogen) atoms. The van der Waals surface area contributed by atoms with Gasteiger partial charge in [-0.05, 0) is 65.7 Å². The maximum absolute atomic E-state index is 13.5. The van der Waals surface area contributed by atoms with Gasteiger partial charge in [0, 0.05) is 5.56 Å². The van der Waals surface area contributed by atoms with Gasteiger partial charge in [-0.1, -0.05) is 6.92 Å². The van der Waals surface area contributed by atoms with Crippen LogP contribution in [0.15, 0.2) is 16.6 Å². The minimum absolute atomic E-state index is 0.205. The molecule has 1 aromatic carbocycles. The van der Waals surface area contributed by atoms with E-state index in [0.29, 0.717) is 16.9 Å². The van der Waals surface area contributed by atoms with Crippen LogP contribution in [0.2, 0.25) is 0 Å². The zero-order valence-electron chi connectivity index (χ0n) is 10.6. The molecule has 1 saturated carbocycles. The summed E-state index contributed by atoms with van der Waals surface area (Å²) in [5.41, 5.74) is 6.49. The molecule has 0 saturated heterocycles. The molecule has 1 aromatic rings. The van der Waals surface area contributed by atoms with E-state index in [9.17, 15) is 4.39 Å². The molecular formula is C14H19BrFNO. The van der Waals surface area contributed by atoms with E-state index in [1.807, 2.05) is 0 Å². The second-order valence-electron chi connectivity index (χ2n) is 5.04. The van der Waals surface area contributed by atoms with Crippen molar-refractivity contribution in [2.45, 2.75) is 32.1 Å². The summed E-state index contributed by atoms with van der Waals surface area (Å²) >= 11 is 3.39. The molecule has 100 valence electrons. The van der Waals surface area contributed by atoms with Gasteiger partial charge in [-0.3, -0.25) is 0 Å². The average Bonchev–Trinajstić information content (AvgIpc) is 3.11. The molecule has 0 amide bonds. The van der Waals surface area contributed by atoms with Crippen molar-refractivity contribution in [3.63, 3.8) is 0 Å². The van der Waals surface area contributed by atoms with Crippen LogP contribution < -0.4 is 10.5 Å². The number of rotatable bonds is 6. The van der Waals surface area contributed by atoms with Gasteiger partial charge >= 0.3 is 0 Å². The molecule has 1 atom stereocenters. The molecule has 2 rings (SSSR count). The van der Waals surface area contributed by atoms with Crippen LogP contribution >= 0.6 is 15.9 Å². The zero-order chi connectivity index (χ0) is 13.1. The summed E-state index contributed by atoms with van der Waals surface area (Å²) in [6.07, 6.45) is 3.31. The van der Waals surface area contributed by atoms with E-state index in [4.69, 9.17) is 10.5 Å². The van der Waals surface area contributed by atoms with E-state index in [1.165, 1.54) is 18.9 Å². The Morgan fingerprint density at radius 3 is 2.83 bits per heavy atom. The highest BCUT2D eigenvalue weighted by atomic mass is 79.9. The van der Waals surface area contributed by atoms with Crippen molar-refractivity contribution in [1.29, 1.82) is 0 Å². The fourth-order valence-electron chi connectivity index (χ4n) is 1.99. The number of benzene rings is 1. The molecule has 1 unspecified atom stereocenters. The lowest BCUT2D eigenvalue weighted by Gasteiger charge is -2.18. The van der Waals surface area contributed by atoms with Gasteiger partial charge in [0.05, 0.1) is 11.1 Å². The van der Waals surface area contributed by atoms with E-state index in [1.54, 1.807) is 6.07 Å². The third-order valence-electron chi connectivity index (χ3n) is 3.33. The maximum Gasteiger partial charge on any atom is 0.137 e. The number of nitrogens with two attached hydrogens (primary N) is 1. The number of ether oxygens (including phenoxy) is 1. The summed E-state index contributed by atoms with van der Waals surface area (Å²) in [4.78, 5) is 0. The monoisotopic (exact) mass is 315 g/mol. The number of halogens is 2. The van der Waals surface area contributed by atoms with E-state index in [2.05, 4.69) is 22.9 Å². The Morgan fingerprint density at radius 1 is 1.50 bits per heavy atom. The molecule has 0 aliphatic heterocycles. The Morgan fingerprint density at radius 2 is 2.22 bits per heavy atom. The highest BCUT2D eigenvalue weighted by Crippen LogP contribution is 2.38. The van der Waals surface area contributed by atoms with E-state index in [0.717, 1.165) is 24.3 Å². The first-order valence-electron chi connectivity index (χ1n) is 6.43. The van der Waals surface area contributed by atoms with Crippen LogP contribution in [-0.4, -0.2) is 13.2 Å². The molecule has 2 nitrogen and oxygen atoms in total. The minimum Gasteiger partial charge on any atom is -0.492 e.